The topological polar surface area (TPSA) is 83.5 Å². The monoisotopic (exact) mass is 499 g/mol. The summed E-state index contributed by atoms with van der Waals surface area (Å²) in [5.41, 5.74) is 0.266. The second kappa shape index (κ2) is 8.83. The number of nitrogens with one attached hydrogen (secondary N) is 1. The Labute approximate surface area is 217 Å². The van der Waals surface area contributed by atoms with Gasteiger partial charge in [0, 0.05) is 18.3 Å². The van der Waals surface area contributed by atoms with Crippen molar-refractivity contribution >= 4 is 17.7 Å². The molecule has 5 fully saturated rings. The summed E-state index contributed by atoms with van der Waals surface area (Å²) in [5, 5.41) is 12.0. The molecule has 0 bridgehead atoms. The molecule has 0 aromatic heterocycles. The maximum Gasteiger partial charge on any atom is 0.325 e. The van der Waals surface area contributed by atoms with E-state index in [1.54, 1.807) is 6.92 Å². The number of carboxylic acid groups (broad SMARTS) is 1. The summed E-state index contributed by atoms with van der Waals surface area (Å²) in [5.74, 6) is 4.27. The van der Waals surface area contributed by atoms with Crippen LogP contribution < -0.4 is 5.32 Å². The van der Waals surface area contributed by atoms with Crippen molar-refractivity contribution in [2.24, 2.45) is 63.6 Å². The average Bonchev–Trinajstić information content (AvgIpc) is 3.19. The van der Waals surface area contributed by atoms with Gasteiger partial charge in [-0.05, 0) is 110 Å². The fraction of sp³-hybridized carbons (Fsp3) is 0.903. The van der Waals surface area contributed by atoms with Gasteiger partial charge < -0.3 is 10.4 Å². The molecule has 5 heteroatoms. The lowest BCUT2D eigenvalue weighted by atomic mass is 9.36. The Hall–Kier alpha value is -1.39. The van der Waals surface area contributed by atoms with Gasteiger partial charge in [-0.2, -0.15) is 0 Å². The molecule has 2 N–H and O–H groups in total. The van der Waals surface area contributed by atoms with Crippen molar-refractivity contribution in [1.82, 2.24) is 5.32 Å². The van der Waals surface area contributed by atoms with Crippen LogP contribution >= 0.6 is 0 Å². The summed E-state index contributed by atoms with van der Waals surface area (Å²) in [4.78, 5) is 37.2. The summed E-state index contributed by atoms with van der Waals surface area (Å²) < 4.78 is 0. The summed E-state index contributed by atoms with van der Waals surface area (Å²) in [6, 6.07) is -0.837. The van der Waals surface area contributed by atoms with Crippen molar-refractivity contribution in [3.05, 3.63) is 0 Å². The zero-order valence-electron chi connectivity index (χ0n) is 23.4. The van der Waals surface area contributed by atoms with Crippen molar-refractivity contribution in [3.63, 3.8) is 0 Å². The molecule has 0 saturated heterocycles. The number of fused-ring (bicyclic) bond motifs is 7. The summed E-state index contributed by atoms with van der Waals surface area (Å²) in [6.45, 7) is 13.5. The van der Waals surface area contributed by atoms with Crippen molar-refractivity contribution in [2.75, 3.05) is 0 Å². The molecular formula is C31H49NO4. The predicted octanol–water partition coefficient (Wildman–Crippen LogP) is 6.10. The molecule has 0 spiro atoms. The highest BCUT2D eigenvalue weighted by atomic mass is 16.4. The highest BCUT2D eigenvalue weighted by Crippen LogP contribution is 2.72. The van der Waals surface area contributed by atoms with Crippen LogP contribution in [0.1, 0.15) is 106 Å². The Morgan fingerprint density at radius 3 is 2.36 bits per heavy atom. The first kappa shape index (κ1) is 26.2. The van der Waals surface area contributed by atoms with Crippen molar-refractivity contribution in [1.29, 1.82) is 0 Å². The highest BCUT2D eigenvalue weighted by molar-refractivity contribution is 5.85. The van der Waals surface area contributed by atoms with E-state index in [0.717, 1.165) is 31.6 Å². The predicted molar refractivity (Wildman–Crippen MR) is 140 cm³/mol. The summed E-state index contributed by atoms with van der Waals surface area (Å²) in [6.07, 6.45) is 10.8. The number of ketones is 1. The molecule has 5 rings (SSSR count). The standard InChI is InChI=1S/C31H49NO4/c1-17-7-8-20-19(16-26(34)32-18(2)28(35)36)15-22-21(27(17)20)9-10-24-30(22,5)13-11-23-29(3,4)25(33)12-14-31(23,24)6/h17-24,27H,7-16H2,1-6H3,(H,32,34)(H,35,36). The molecule has 11 atom stereocenters. The van der Waals surface area contributed by atoms with Gasteiger partial charge in [-0.1, -0.05) is 41.0 Å². The quantitative estimate of drug-likeness (QED) is 0.489. The minimum atomic E-state index is -0.971. The lowest BCUT2D eigenvalue weighted by Gasteiger charge is -2.68. The van der Waals surface area contributed by atoms with Crippen molar-refractivity contribution in [3.8, 4) is 0 Å². The molecule has 11 unspecified atom stereocenters. The minimum absolute atomic E-state index is 0.0904. The van der Waals surface area contributed by atoms with Crippen LogP contribution in [0.4, 0.5) is 0 Å². The van der Waals surface area contributed by atoms with E-state index < -0.39 is 12.0 Å². The molecule has 5 aliphatic rings. The van der Waals surface area contributed by atoms with E-state index in [9.17, 15) is 19.5 Å². The zero-order valence-corrected chi connectivity index (χ0v) is 23.4. The fourth-order valence-electron chi connectivity index (χ4n) is 11.3. The highest BCUT2D eigenvalue weighted by Gasteiger charge is 2.66. The van der Waals surface area contributed by atoms with Gasteiger partial charge in [-0.3, -0.25) is 14.4 Å². The SMILES string of the molecule is CC(NC(=O)CC1CC2C(CCC3C2(C)CCC2C(C)(C)C(=O)CCC23C)C2C(C)CCC12)C(=O)O. The number of carbonyl (C=O) groups excluding carboxylic acids is 2. The van der Waals surface area contributed by atoms with Gasteiger partial charge in [0.05, 0.1) is 0 Å². The molecule has 0 aromatic carbocycles. The second-order valence-corrected chi connectivity index (χ2v) is 14.8. The molecule has 0 radical (unpaired) electrons. The average molecular weight is 500 g/mol. The maximum absolute atomic E-state index is 13.0. The number of hydrogen-bond acceptors (Lipinski definition) is 3. The number of carbonyl (C=O) groups is 3. The third-order valence-electron chi connectivity index (χ3n) is 13.0. The molecule has 0 aromatic rings. The number of amides is 1. The van der Waals surface area contributed by atoms with Gasteiger partial charge in [0.2, 0.25) is 5.91 Å². The van der Waals surface area contributed by atoms with Crippen LogP contribution in [0.5, 0.6) is 0 Å². The molecule has 5 nitrogen and oxygen atoms in total. The zero-order chi connectivity index (χ0) is 26.2. The van der Waals surface area contributed by atoms with Crippen LogP contribution in [-0.4, -0.2) is 28.8 Å². The summed E-state index contributed by atoms with van der Waals surface area (Å²) in [7, 11) is 0. The Morgan fingerprint density at radius 1 is 0.972 bits per heavy atom. The molecule has 0 heterocycles. The van der Waals surface area contributed by atoms with Crippen molar-refractivity contribution < 1.29 is 19.5 Å². The second-order valence-electron chi connectivity index (χ2n) is 14.8. The third-order valence-corrected chi connectivity index (χ3v) is 13.0. The van der Waals surface area contributed by atoms with Gasteiger partial charge in [-0.15, -0.1) is 0 Å². The van der Waals surface area contributed by atoms with E-state index in [1.165, 1.54) is 32.1 Å². The van der Waals surface area contributed by atoms with E-state index >= 15 is 0 Å². The minimum Gasteiger partial charge on any atom is -0.480 e. The molecule has 5 saturated carbocycles. The molecule has 5 aliphatic carbocycles. The lowest BCUT2D eigenvalue weighted by Crippen LogP contribution is -2.62. The Kier molecular flexibility index (Phi) is 6.44. The number of aliphatic carboxylic acids is 1. The first-order valence-electron chi connectivity index (χ1n) is 14.9. The molecule has 0 aliphatic heterocycles. The first-order valence-corrected chi connectivity index (χ1v) is 14.9. The number of hydrogen-bond donors (Lipinski definition) is 2. The van der Waals surface area contributed by atoms with E-state index in [1.807, 2.05) is 0 Å². The number of rotatable bonds is 4. The van der Waals surface area contributed by atoms with Gasteiger partial charge in [-0.25, -0.2) is 0 Å². The van der Waals surface area contributed by atoms with Gasteiger partial charge in [0.1, 0.15) is 11.8 Å². The first-order chi connectivity index (χ1) is 16.8. The van der Waals surface area contributed by atoms with E-state index in [0.29, 0.717) is 53.6 Å². The van der Waals surface area contributed by atoms with Crippen LogP contribution in [0, 0.1) is 63.6 Å². The Bertz CT molecular complexity index is 928. The molecule has 1 amide bonds. The van der Waals surface area contributed by atoms with Gasteiger partial charge in [0.15, 0.2) is 0 Å². The van der Waals surface area contributed by atoms with Crippen LogP contribution in [0.3, 0.4) is 0 Å². The largest absolute Gasteiger partial charge is 0.480 e. The van der Waals surface area contributed by atoms with Gasteiger partial charge >= 0.3 is 5.97 Å². The Morgan fingerprint density at radius 2 is 1.67 bits per heavy atom. The van der Waals surface area contributed by atoms with Gasteiger partial charge in [0.25, 0.3) is 0 Å². The van der Waals surface area contributed by atoms with E-state index in [2.05, 4.69) is 39.9 Å². The summed E-state index contributed by atoms with van der Waals surface area (Å²) >= 11 is 0. The van der Waals surface area contributed by atoms with E-state index in [-0.39, 0.29) is 22.2 Å². The van der Waals surface area contributed by atoms with Crippen LogP contribution in [0.25, 0.3) is 0 Å². The normalized spacial score (nSPS) is 48.1. The maximum atomic E-state index is 13.0. The Balaban J connectivity index is 1.43. The van der Waals surface area contributed by atoms with Crippen molar-refractivity contribution in [2.45, 2.75) is 112 Å². The number of Topliss-reactive ketones (excluding diaryl/α,β-unsaturated/α-hetero) is 1. The van der Waals surface area contributed by atoms with Crippen LogP contribution in [0.15, 0.2) is 0 Å². The van der Waals surface area contributed by atoms with Crippen LogP contribution in [0.2, 0.25) is 0 Å². The van der Waals surface area contributed by atoms with Crippen LogP contribution in [-0.2, 0) is 14.4 Å². The molecular weight excluding hydrogens is 450 g/mol. The number of carboxylic acids is 1. The smallest absolute Gasteiger partial charge is 0.325 e. The third kappa shape index (κ3) is 3.80. The molecule has 202 valence electrons. The van der Waals surface area contributed by atoms with E-state index in [4.69, 9.17) is 0 Å². The fourth-order valence-corrected chi connectivity index (χ4v) is 11.3. The lowest BCUT2D eigenvalue weighted by molar-refractivity contribution is -0.197. The molecule has 36 heavy (non-hydrogen) atoms.